The summed E-state index contributed by atoms with van der Waals surface area (Å²) < 4.78 is 1.98. The number of halogens is 1. The fourth-order valence-electron chi connectivity index (χ4n) is 1.56. The number of anilines is 1. The van der Waals surface area contributed by atoms with Crippen LogP contribution < -0.4 is 39.0 Å². The maximum absolute atomic E-state index is 11.2. The van der Waals surface area contributed by atoms with Crippen molar-refractivity contribution in [2.45, 2.75) is 13.5 Å². The molecule has 0 aromatic carbocycles. The zero-order valence-electron chi connectivity index (χ0n) is 8.12. The molecule has 2 rings (SSSR count). The van der Waals surface area contributed by atoms with Gasteiger partial charge < -0.3 is 24.0 Å². The number of nitrogens with zero attached hydrogens (tertiary/aromatic N) is 2. The second-order valence-corrected chi connectivity index (χ2v) is 3.21. The van der Waals surface area contributed by atoms with Crippen molar-refractivity contribution in [2.24, 2.45) is 0 Å². The molecule has 76 valence electrons. The van der Waals surface area contributed by atoms with E-state index in [0.717, 1.165) is 11.5 Å². The molecule has 0 atom stereocenters. The highest BCUT2D eigenvalue weighted by atomic mass is 127. The summed E-state index contributed by atoms with van der Waals surface area (Å²) in [6.45, 7) is 2.41. The predicted octanol–water partition coefficient (Wildman–Crippen LogP) is -3.23. The molecule has 0 aliphatic carbocycles. The number of aryl methyl sites for hydroxylation is 1. The second-order valence-electron chi connectivity index (χ2n) is 3.21. The number of amides is 1. The van der Waals surface area contributed by atoms with Gasteiger partial charge >= 0.3 is 0 Å². The van der Waals surface area contributed by atoms with E-state index in [4.69, 9.17) is 0 Å². The molecule has 0 spiro atoms. The van der Waals surface area contributed by atoms with E-state index in [1.54, 1.807) is 5.01 Å². The van der Waals surface area contributed by atoms with E-state index in [1.165, 1.54) is 0 Å². The van der Waals surface area contributed by atoms with Crippen molar-refractivity contribution in [3.8, 4) is 0 Å². The average Bonchev–Trinajstić information content (AvgIpc) is 2.07. The predicted molar refractivity (Wildman–Crippen MR) is 47.9 cm³/mol. The summed E-state index contributed by atoms with van der Waals surface area (Å²) in [6, 6.07) is 5.96. The summed E-state index contributed by atoms with van der Waals surface area (Å²) in [5, 5.41) is 1.73. The van der Waals surface area contributed by atoms with Crippen LogP contribution in [-0.4, -0.2) is 13.0 Å². The van der Waals surface area contributed by atoms with Crippen LogP contribution in [0.1, 0.15) is 5.69 Å². The van der Waals surface area contributed by atoms with Gasteiger partial charge in [-0.2, -0.15) is 10.4 Å². The van der Waals surface area contributed by atoms with Gasteiger partial charge in [0, 0.05) is 6.07 Å². The Morgan fingerprint density at radius 3 is 2.93 bits per heavy atom. The third-order valence-corrected chi connectivity index (χ3v) is 2.22. The largest absolute Gasteiger partial charge is 1.00 e. The topological polar surface area (TPSA) is 36.2 Å². The van der Waals surface area contributed by atoms with Gasteiger partial charge in [0.05, 0.1) is 0 Å². The van der Waals surface area contributed by atoms with Crippen molar-refractivity contribution in [1.82, 2.24) is 5.43 Å². The molecule has 2 heterocycles. The number of rotatable bonds is 0. The first-order valence-corrected chi connectivity index (χ1v) is 4.21. The average molecular weight is 305 g/mol. The normalized spacial score (nSPS) is 14.1. The molecule has 5 heteroatoms. The van der Waals surface area contributed by atoms with Gasteiger partial charge in [-0.3, -0.25) is 4.79 Å². The molecule has 1 aliphatic heterocycles. The van der Waals surface area contributed by atoms with Crippen molar-refractivity contribution in [2.75, 3.05) is 12.1 Å². The van der Waals surface area contributed by atoms with Crippen LogP contribution >= 0.6 is 0 Å². The van der Waals surface area contributed by atoms with E-state index in [-0.39, 0.29) is 29.9 Å². The van der Waals surface area contributed by atoms with Gasteiger partial charge in [-0.25, -0.2) is 4.57 Å². The standard InChI is InChI=1S/C9H11N3O.HI/c1-7-4-3-5-9-11(2)10-8(13)6-12(7)9;/h3-5H,6H2,1-2H3;1H. The van der Waals surface area contributed by atoms with Crippen LogP contribution in [0.2, 0.25) is 0 Å². The highest BCUT2D eigenvalue weighted by Crippen LogP contribution is 2.07. The third kappa shape index (κ3) is 1.82. The number of nitrogens with one attached hydrogen (secondary N) is 1. The Hall–Kier alpha value is -0.850. The molecule has 0 bridgehead atoms. The first kappa shape index (κ1) is 11.2. The van der Waals surface area contributed by atoms with Crippen LogP contribution in [0.5, 0.6) is 0 Å². The van der Waals surface area contributed by atoms with Gasteiger partial charge in [-0.05, 0) is 13.0 Å². The first-order chi connectivity index (χ1) is 6.18. The van der Waals surface area contributed by atoms with Crippen molar-refractivity contribution < 1.29 is 33.3 Å². The Morgan fingerprint density at radius 2 is 2.21 bits per heavy atom. The van der Waals surface area contributed by atoms with Gasteiger partial charge in [0.25, 0.3) is 11.7 Å². The lowest BCUT2D eigenvalue weighted by atomic mass is 10.3. The van der Waals surface area contributed by atoms with Crippen molar-refractivity contribution in [3.05, 3.63) is 23.9 Å². The van der Waals surface area contributed by atoms with Crippen LogP contribution in [0.25, 0.3) is 0 Å². The molecule has 1 aromatic rings. The zero-order chi connectivity index (χ0) is 9.42. The maximum atomic E-state index is 11.2. The molecular formula is C9H12IN3O. The first-order valence-electron chi connectivity index (χ1n) is 4.21. The SMILES string of the molecule is Cc1cccc2[n+]1CC(=O)NN2C.[I-]. The summed E-state index contributed by atoms with van der Waals surface area (Å²) in [5.74, 6) is 1.04. The number of aromatic nitrogens is 1. The van der Waals surface area contributed by atoms with Gasteiger partial charge in [0.15, 0.2) is 6.54 Å². The van der Waals surface area contributed by atoms with Crippen LogP contribution in [-0.2, 0) is 11.3 Å². The van der Waals surface area contributed by atoms with E-state index in [2.05, 4.69) is 5.43 Å². The van der Waals surface area contributed by atoms with E-state index >= 15 is 0 Å². The van der Waals surface area contributed by atoms with Gasteiger partial charge in [-0.15, -0.1) is 0 Å². The van der Waals surface area contributed by atoms with E-state index in [1.807, 2.05) is 36.7 Å². The lowest BCUT2D eigenvalue weighted by Gasteiger charge is -2.21. The van der Waals surface area contributed by atoms with E-state index < -0.39 is 0 Å². The number of hydrogen-bond acceptors (Lipinski definition) is 2. The lowest BCUT2D eigenvalue weighted by Crippen LogP contribution is -3.00. The molecule has 1 aliphatic rings. The molecular weight excluding hydrogens is 293 g/mol. The number of hydrazine groups is 1. The van der Waals surface area contributed by atoms with Crippen molar-refractivity contribution in [3.63, 3.8) is 0 Å². The summed E-state index contributed by atoms with van der Waals surface area (Å²) in [7, 11) is 1.84. The molecule has 0 fully saturated rings. The minimum absolute atomic E-state index is 0. The number of carbonyl (C=O) groups is 1. The fraction of sp³-hybridized carbons (Fsp3) is 0.333. The summed E-state index contributed by atoms with van der Waals surface area (Å²) in [4.78, 5) is 11.2. The molecule has 1 N–H and O–H groups in total. The van der Waals surface area contributed by atoms with Gasteiger partial charge in [0.2, 0.25) is 0 Å². The highest BCUT2D eigenvalue weighted by molar-refractivity contribution is 5.77. The minimum Gasteiger partial charge on any atom is -1.00 e. The quantitative estimate of drug-likeness (QED) is 0.404. The third-order valence-electron chi connectivity index (χ3n) is 2.22. The molecule has 1 aromatic heterocycles. The Labute approximate surface area is 99.9 Å². The highest BCUT2D eigenvalue weighted by Gasteiger charge is 2.26. The number of carbonyl (C=O) groups excluding carboxylic acids is 1. The van der Waals surface area contributed by atoms with Crippen LogP contribution in [0.4, 0.5) is 5.82 Å². The van der Waals surface area contributed by atoms with Crippen LogP contribution in [0, 0.1) is 6.92 Å². The number of hydrogen-bond donors (Lipinski definition) is 1. The molecule has 0 saturated heterocycles. The molecule has 1 amide bonds. The van der Waals surface area contributed by atoms with Crippen molar-refractivity contribution >= 4 is 11.7 Å². The molecule has 4 nitrogen and oxygen atoms in total. The van der Waals surface area contributed by atoms with Crippen LogP contribution in [0.15, 0.2) is 18.2 Å². The Balaban J connectivity index is 0.000000980. The number of fused-ring (bicyclic) bond motifs is 1. The smallest absolute Gasteiger partial charge is 0.300 e. The van der Waals surface area contributed by atoms with E-state index in [0.29, 0.717) is 6.54 Å². The molecule has 14 heavy (non-hydrogen) atoms. The lowest BCUT2D eigenvalue weighted by molar-refractivity contribution is -0.681. The molecule has 0 radical (unpaired) electrons. The zero-order valence-corrected chi connectivity index (χ0v) is 10.3. The van der Waals surface area contributed by atoms with Crippen LogP contribution in [0.3, 0.4) is 0 Å². The van der Waals surface area contributed by atoms with Crippen molar-refractivity contribution in [1.29, 1.82) is 0 Å². The maximum Gasteiger partial charge on any atom is 0.300 e. The second kappa shape index (κ2) is 4.12. The monoisotopic (exact) mass is 305 g/mol. The Bertz CT molecular complexity index is 367. The van der Waals surface area contributed by atoms with Gasteiger partial charge in [-0.1, -0.05) is 6.07 Å². The fourth-order valence-corrected chi connectivity index (χ4v) is 1.56. The molecule has 0 unspecified atom stereocenters. The Kier molecular flexibility index (Phi) is 3.30. The summed E-state index contributed by atoms with van der Waals surface area (Å²) >= 11 is 0. The number of pyridine rings is 1. The summed E-state index contributed by atoms with van der Waals surface area (Å²) in [5.41, 5.74) is 3.83. The minimum atomic E-state index is 0. The Morgan fingerprint density at radius 1 is 1.50 bits per heavy atom. The summed E-state index contributed by atoms with van der Waals surface area (Å²) in [6.07, 6.45) is 0. The van der Waals surface area contributed by atoms with E-state index in [9.17, 15) is 4.79 Å². The molecule has 0 saturated carbocycles. The van der Waals surface area contributed by atoms with Gasteiger partial charge in [0.1, 0.15) is 12.7 Å².